The summed E-state index contributed by atoms with van der Waals surface area (Å²) >= 11 is 9.65. The second-order valence-electron chi connectivity index (χ2n) is 34.8. The summed E-state index contributed by atoms with van der Waals surface area (Å²) in [4.78, 5) is 37.7. The fourth-order valence-electron chi connectivity index (χ4n) is 18.8. The van der Waals surface area contributed by atoms with Crippen molar-refractivity contribution < 1.29 is 23.7 Å². The predicted octanol–water partition coefficient (Wildman–Crippen LogP) is 29.0. The van der Waals surface area contributed by atoms with Crippen molar-refractivity contribution in [3.63, 3.8) is 0 Å². The minimum absolute atomic E-state index is 0.0366. The maximum atomic E-state index is 6.11. The molecule has 0 bridgehead atoms. The molecular formula is C122H122BrClN10O5. The quantitative estimate of drug-likeness (QED) is 0.0577. The van der Waals surface area contributed by atoms with Crippen LogP contribution in [0.4, 0.5) is 28.4 Å². The van der Waals surface area contributed by atoms with Crippen LogP contribution in [0.1, 0.15) is 165 Å². The number of ether oxygens (including phenoxy) is 5. The molecule has 0 fully saturated rings. The monoisotopic (exact) mass is 1920 g/mol. The Labute approximate surface area is 834 Å². The molecule has 0 saturated heterocycles. The first-order chi connectivity index (χ1) is 68.0. The zero-order chi connectivity index (χ0) is 96.8. The van der Waals surface area contributed by atoms with Gasteiger partial charge < -0.3 is 48.2 Å². The van der Waals surface area contributed by atoms with Gasteiger partial charge >= 0.3 is 0 Å². The van der Waals surface area contributed by atoms with Gasteiger partial charge in [-0.2, -0.15) is 0 Å². The van der Waals surface area contributed by atoms with Crippen LogP contribution < -0.4 is 48.2 Å². The second kappa shape index (κ2) is 46.5. The number of nitrogens with zero attached hydrogens (tertiary/aromatic N) is 10. The highest BCUT2D eigenvalue weighted by Crippen LogP contribution is 2.45. The Morgan fingerprint density at radius 3 is 0.683 bits per heavy atom. The molecule has 17 heteroatoms. The Morgan fingerprint density at radius 1 is 0.237 bits per heavy atom. The van der Waals surface area contributed by atoms with Crippen molar-refractivity contribution in [3.8, 4) is 28.7 Å². The molecule has 10 atom stereocenters. The van der Waals surface area contributed by atoms with Gasteiger partial charge in [0.15, 0.2) is 0 Å². The molecule has 0 amide bonds. The number of para-hydroxylation sites is 1. The van der Waals surface area contributed by atoms with Crippen LogP contribution in [0.5, 0.6) is 28.7 Å². The highest BCUT2D eigenvalue weighted by atomic mass is 79.9. The number of hydrogen-bond donors (Lipinski definition) is 0. The minimum atomic E-state index is -0.0830. The first-order valence-corrected chi connectivity index (χ1v) is 49.3. The molecule has 15 aromatic rings. The van der Waals surface area contributed by atoms with Gasteiger partial charge in [0.2, 0.25) is 0 Å². The van der Waals surface area contributed by atoms with Gasteiger partial charge in [-0.3, -0.25) is 25.0 Å². The molecule has 5 aliphatic rings. The maximum Gasteiger partial charge on any atom is 0.148 e. The Kier molecular flexibility index (Phi) is 32.6. The molecule has 15 nitrogen and oxygen atoms in total. The normalized spacial score (nSPS) is 18.9. The first-order valence-electron chi connectivity index (χ1n) is 48.1. The summed E-state index contributed by atoms with van der Waals surface area (Å²) in [5, 5.41) is 0.748. The maximum absolute atomic E-state index is 6.11. The minimum Gasteiger partial charge on any atom is -0.497 e. The van der Waals surface area contributed by atoms with Crippen LogP contribution >= 0.6 is 27.5 Å². The summed E-state index contributed by atoms with van der Waals surface area (Å²) in [5.74, 6) is 4.32. The van der Waals surface area contributed by atoms with E-state index in [0.29, 0.717) is 6.61 Å². The van der Waals surface area contributed by atoms with E-state index in [-0.39, 0.29) is 61.0 Å². The fraction of sp³-hybridized carbons (Fsp3) is 0.221. The van der Waals surface area contributed by atoms with Crippen molar-refractivity contribution in [2.75, 3.05) is 59.5 Å². The summed E-state index contributed by atoms with van der Waals surface area (Å²) in [6, 6.07) is 137. The third kappa shape index (κ3) is 22.8. The van der Waals surface area contributed by atoms with Gasteiger partial charge in [-0.15, -0.1) is 0 Å². The van der Waals surface area contributed by atoms with Gasteiger partial charge in [-0.25, -0.2) is 0 Å². The van der Waals surface area contributed by atoms with Gasteiger partial charge in [0.25, 0.3) is 0 Å². The number of halogens is 2. The van der Waals surface area contributed by atoms with E-state index in [1.807, 2.05) is 104 Å². The van der Waals surface area contributed by atoms with Crippen LogP contribution in [0.3, 0.4) is 0 Å². The molecule has 0 spiro atoms. The van der Waals surface area contributed by atoms with Crippen molar-refractivity contribution >= 4 is 84.5 Å². The molecule has 20 rings (SSSR count). The van der Waals surface area contributed by atoms with Crippen LogP contribution in [0.2, 0.25) is 5.02 Å². The van der Waals surface area contributed by atoms with E-state index in [9.17, 15) is 0 Å². The Balaban J connectivity index is 0.000000125. The summed E-state index contributed by atoms with van der Waals surface area (Å²) in [6.07, 6.45) is 2.91. The molecule has 0 saturated carbocycles. The molecule has 0 aromatic heterocycles. The molecule has 0 radical (unpaired) electrons. The molecular weight excluding hydrogens is 1800 g/mol. The second-order valence-corrected chi connectivity index (χ2v) is 36.1. The number of benzene rings is 15. The molecule has 0 N–H and O–H groups in total. The summed E-state index contributed by atoms with van der Waals surface area (Å²) in [5.41, 5.74) is 27.1. The standard InChI is InChI=1S/C26H28N2O.C25H26N2O.C24H23ClN2.C24H24N2O2.C23H21BrN2O/c1-4-20-11-13-21(14-12-20)25-19(3)28(23-15-17-24(18-16-23)29-5-2)26(27-25)22-9-7-6-8-10-22;1-4-19-10-12-20(13-11-19)24-18(2)27(22-14-16-23(28-3)17-15-22)25(26-24)21-8-6-5-7-9-21;1-3-18-9-11-19(12-10-18)23-17(2)27(22-15-13-21(25)14-16-22)24(26-23)20-7-5-4-6-8-20;1-17-23(18-9-13-21(27-2)14-10-18)25-24(19-11-15-22(28-3)16-12-19)26(17)20-7-5-4-6-8-20;1-16-22(17-8-14-21(27-2)15-9-17)25-23(18-6-4-3-5-7-18)26(16)20-12-10-19(24)11-13-20/h6-19,26H,4-5H2,1-3H3;5-18,25H,4H2,1-3H3;4-17,24H,3H2,1-2H3;4-17,24H,1-3H3;3-16,23H,1-2H3. The van der Waals surface area contributed by atoms with Crippen LogP contribution in [-0.4, -0.2) is 93.8 Å². The lowest BCUT2D eigenvalue weighted by Crippen LogP contribution is -2.35. The number of aliphatic imine (C=N–C) groups is 5. The molecule has 704 valence electrons. The highest BCUT2D eigenvalue weighted by Gasteiger charge is 2.41. The largest absolute Gasteiger partial charge is 0.497 e. The Morgan fingerprint density at radius 2 is 0.439 bits per heavy atom. The molecule has 5 heterocycles. The van der Waals surface area contributed by atoms with Crippen LogP contribution in [0.25, 0.3) is 0 Å². The lowest BCUT2D eigenvalue weighted by molar-refractivity contribution is 0.340. The average Bonchev–Trinajstić information content (AvgIpc) is 1.65. The molecule has 0 aliphatic carbocycles. The number of aryl methyl sites for hydroxylation is 3. The topological polar surface area (TPSA) is 124 Å². The van der Waals surface area contributed by atoms with Crippen molar-refractivity contribution in [3.05, 3.63) is 476 Å². The Bertz CT molecular complexity index is 6450. The van der Waals surface area contributed by atoms with Gasteiger partial charge in [-0.1, -0.05) is 273 Å². The molecule has 10 unspecified atom stereocenters. The van der Waals surface area contributed by atoms with Crippen molar-refractivity contribution in [2.24, 2.45) is 25.0 Å². The third-order valence-electron chi connectivity index (χ3n) is 26.4. The van der Waals surface area contributed by atoms with Crippen molar-refractivity contribution in [2.45, 2.75) is 143 Å². The smallest absolute Gasteiger partial charge is 0.148 e. The van der Waals surface area contributed by atoms with Crippen molar-refractivity contribution in [1.82, 2.24) is 0 Å². The lowest BCUT2D eigenvalue weighted by atomic mass is 10.0. The number of methoxy groups -OCH3 is 4. The van der Waals surface area contributed by atoms with E-state index >= 15 is 0 Å². The summed E-state index contributed by atoms with van der Waals surface area (Å²) < 4.78 is 27.9. The molecule has 15 aromatic carbocycles. The molecule has 139 heavy (non-hydrogen) atoms. The SMILES string of the molecule is CCOc1ccc(N2C(C)C(c3ccc(CC)cc3)=NC2c2ccccc2)cc1.CCc1ccc(C2=NC(c3ccccc3)N(c3ccc(Cl)cc3)C2C)cc1.CCc1ccc(C2=NC(c3ccccc3)N(c3ccc(OC)cc3)C2C)cc1.COc1ccc(C2=NC(c3ccc(OC)cc3)N(c3ccccc3)C2C)cc1.COc1ccc(C2=NC(c3ccccc3)N(c3ccc(Br)cc3)C2C)cc1. The van der Waals surface area contributed by atoms with Gasteiger partial charge in [-0.05, 0) is 303 Å². The van der Waals surface area contributed by atoms with Gasteiger partial charge in [0.1, 0.15) is 59.6 Å². The van der Waals surface area contributed by atoms with E-state index < -0.39 is 0 Å². The van der Waals surface area contributed by atoms with Gasteiger partial charge in [0.05, 0.1) is 93.8 Å². The highest BCUT2D eigenvalue weighted by molar-refractivity contribution is 9.10. The average molecular weight is 1920 g/mol. The molecule has 5 aliphatic heterocycles. The summed E-state index contributed by atoms with van der Waals surface area (Å²) in [7, 11) is 6.75. The Hall–Kier alpha value is -14.6. The first kappa shape index (κ1) is 97.5. The zero-order valence-electron chi connectivity index (χ0n) is 81.4. The van der Waals surface area contributed by atoms with Gasteiger partial charge in [0, 0.05) is 37.9 Å². The third-order valence-corrected chi connectivity index (χ3v) is 27.1. The van der Waals surface area contributed by atoms with E-state index in [1.54, 1.807) is 28.4 Å². The van der Waals surface area contributed by atoms with Crippen LogP contribution in [-0.2, 0) is 19.3 Å². The zero-order valence-corrected chi connectivity index (χ0v) is 83.7. The fourth-order valence-corrected chi connectivity index (χ4v) is 19.2. The number of rotatable bonds is 24. The van der Waals surface area contributed by atoms with E-state index in [1.165, 1.54) is 55.6 Å². The number of hydrogen-bond acceptors (Lipinski definition) is 15. The van der Waals surface area contributed by atoms with E-state index in [2.05, 4.69) is 393 Å². The van der Waals surface area contributed by atoms with Crippen LogP contribution in [0.15, 0.2) is 424 Å². The lowest BCUT2D eigenvalue weighted by Gasteiger charge is -2.30. The van der Waals surface area contributed by atoms with E-state index in [4.69, 9.17) is 60.2 Å². The summed E-state index contributed by atoms with van der Waals surface area (Å²) in [6.45, 7) is 20.4. The predicted molar refractivity (Wildman–Crippen MR) is 581 cm³/mol. The number of anilines is 5. The van der Waals surface area contributed by atoms with Crippen molar-refractivity contribution in [1.29, 1.82) is 0 Å². The van der Waals surface area contributed by atoms with Crippen LogP contribution in [0, 0.1) is 0 Å². The van der Waals surface area contributed by atoms with E-state index in [0.717, 1.165) is 131 Å².